The number of carbonyl (C=O) groups excluding carboxylic acids is 2. The lowest BCUT2D eigenvalue weighted by molar-refractivity contribution is -0.137. The highest BCUT2D eigenvalue weighted by Crippen LogP contribution is 2.38. The molecule has 1 saturated carbocycles. The van der Waals surface area contributed by atoms with Gasteiger partial charge in [0.1, 0.15) is 12.6 Å². The molecule has 0 aromatic heterocycles. The van der Waals surface area contributed by atoms with Crippen molar-refractivity contribution < 1.29 is 27.5 Å². The van der Waals surface area contributed by atoms with Crippen molar-refractivity contribution in [1.29, 1.82) is 0 Å². The number of nitrogens with two attached hydrogens (primary N) is 1. The molecule has 10 heteroatoms. The molecule has 30 heavy (non-hydrogen) atoms. The van der Waals surface area contributed by atoms with E-state index in [-0.39, 0.29) is 37.7 Å². The summed E-state index contributed by atoms with van der Waals surface area (Å²) in [6, 6.07) is 2.73. The Bertz CT molecular complexity index is 783. The fraction of sp³-hybridized carbons (Fsp3) is 0.600. The topological polar surface area (TPSA) is 87.9 Å². The molecule has 2 amide bonds. The summed E-state index contributed by atoms with van der Waals surface area (Å²) in [4.78, 5) is 27.7. The van der Waals surface area contributed by atoms with Crippen LogP contribution in [0.5, 0.6) is 0 Å². The van der Waals surface area contributed by atoms with Crippen LogP contribution in [0.2, 0.25) is 0 Å². The number of ether oxygens (including phenoxy) is 1. The molecular formula is C20H27F3N4O3. The van der Waals surface area contributed by atoms with Crippen molar-refractivity contribution in [3.63, 3.8) is 0 Å². The smallest absolute Gasteiger partial charge is 0.370 e. The van der Waals surface area contributed by atoms with Gasteiger partial charge in [-0.25, -0.2) is 0 Å². The third-order valence-electron chi connectivity index (χ3n) is 5.69. The summed E-state index contributed by atoms with van der Waals surface area (Å²) in [5.74, 6) is -0.500. The number of amides is 2. The van der Waals surface area contributed by atoms with Crippen molar-refractivity contribution in [2.24, 2.45) is 11.7 Å². The number of halogens is 3. The van der Waals surface area contributed by atoms with Crippen molar-refractivity contribution >= 4 is 23.2 Å². The summed E-state index contributed by atoms with van der Waals surface area (Å²) < 4.78 is 46.1. The molecule has 1 aromatic rings. The lowest BCUT2D eigenvalue weighted by Gasteiger charge is -2.34. The van der Waals surface area contributed by atoms with Crippen molar-refractivity contribution in [2.75, 3.05) is 50.1 Å². The van der Waals surface area contributed by atoms with Crippen LogP contribution in [0.3, 0.4) is 0 Å². The minimum Gasteiger partial charge on any atom is -0.370 e. The molecular weight excluding hydrogens is 401 g/mol. The van der Waals surface area contributed by atoms with E-state index in [1.165, 1.54) is 17.0 Å². The first-order valence-electron chi connectivity index (χ1n) is 10.0. The Morgan fingerprint density at radius 1 is 1.40 bits per heavy atom. The first-order chi connectivity index (χ1) is 14.2. The minimum absolute atomic E-state index is 0.00321. The van der Waals surface area contributed by atoms with Gasteiger partial charge in [0.25, 0.3) is 5.91 Å². The number of nitrogens with one attached hydrogen (secondary N) is 1. The van der Waals surface area contributed by atoms with Gasteiger partial charge in [-0.2, -0.15) is 13.2 Å². The number of morpholine rings is 1. The highest BCUT2D eigenvalue weighted by molar-refractivity contribution is 5.97. The third kappa shape index (κ3) is 5.11. The predicted octanol–water partition coefficient (Wildman–Crippen LogP) is 2.07. The van der Waals surface area contributed by atoms with E-state index in [0.717, 1.165) is 25.3 Å². The van der Waals surface area contributed by atoms with E-state index in [1.807, 2.05) is 0 Å². The second-order valence-corrected chi connectivity index (χ2v) is 7.80. The summed E-state index contributed by atoms with van der Waals surface area (Å²) in [5.41, 5.74) is 4.50. The summed E-state index contributed by atoms with van der Waals surface area (Å²) in [6.45, 7) is 0.918. The zero-order chi connectivity index (χ0) is 21.9. The first-order valence-corrected chi connectivity index (χ1v) is 10.0. The average Bonchev–Trinajstić information content (AvgIpc) is 2.65. The molecule has 1 aromatic carbocycles. The number of hydrogen-bond acceptors (Lipinski definition) is 5. The number of rotatable bonds is 7. The Hall–Kier alpha value is -2.17. The predicted molar refractivity (Wildman–Crippen MR) is 106 cm³/mol. The van der Waals surface area contributed by atoms with E-state index in [9.17, 15) is 22.8 Å². The molecule has 0 unspecified atom stereocenters. The lowest BCUT2D eigenvalue weighted by atomic mass is 9.85. The summed E-state index contributed by atoms with van der Waals surface area (Å²) in [6.07, 6.45) is -1.37. The van der Waals surface area contributed by atoms with Gasteiger partial charge >= 0.3 is 6.18 Å². The van der Waals surface area contributed by atoms with Crippen LogP contribution in [0.25, 0.3) is 0 Å². The van der Waals surface area contributed by atoms with Crippen LogP contribution in [0.4, 0.5) is 24.5 Å². The van der Waals surface area contributed by atoms with Crippen LogP contribution in [-0.4, -0.2) is 62.7 Å². The number of benzene rings is 1. The van der Waals surface area contributed by atoms with Crippen molar-refractivity contribution in [3.05, 3.63) is 23.8 Å². The number of carbonyl (C=O) groups is 2. The molecule has 166 valence electrons. The molecule has 3 rings (SSSR count). The fourth-order valence-corrected chi connectivity index (χ4v) is 3.75. The molecule has 2 aliphatic rings. The molecule has 1 atom stereocenters. The van der Waals surface area contributed by atoms with Crippen molar-refractivity contribution in [2.45, 2.75) is 31.5 Å². The Balaban J connectivity index is 1.79. The van der Waals surface area contributed by atoms with E-state index < -0.39 is 29.6 Å². The zero-order valence-corrected chi connectivity index (χ0v) is 16.9. The second-order valence-electron chi connectivity index (χ2n) is 7.80. The van der Waals surface area contributed by atoms with Crippen LogP contribution in [0.15, 0.2) is 18.2 Å². The minimum atomic E-state index is -4.70. The average molecular weight is 428 g/mol. The standard InChI is InChI=1S/C20H27F3N4O3/c1-26(11-13-3-2-4-13)17(10-24)19(29)25-16-6-5-14(9-15(16)20(21,22)23)27-7-8-30-12-18(27)28/h5-6,9,13,17H,2-4,7-8,10-12,24H2,1H3,(H,25,29)/t17-/m0/s1. The van der Waals surface area contributed by atoms with Gasteiger partial charge in [0.05, 0.1) is 17.9 Å². The van der Waals surface area contributed by atoms with Gasteiger partial charge in [0, 0.05) is 25.3 Å². The fourth-order valence-electron chi connectivity index (χ4n) is 3.75. The second kappa shape index (κ2) is 9.32. The van der Waals surface area contributed by atoms with Crippen LogP contribution in [-0.2, 0) is 20.5 Å². The largest absolute Gasteiger partial charge is 0.418 e. The van der Waals surface area contributed by atoms with E-state index in [4.69, 9.17) is 10.5 Å². The zero-order valence-electron chi connectivity index (χ0n) is 16.9. The van der Waals surface area contributed by atoms with Crippen LogP contribution >= 0.6 is 0 Å². The number of alkyl halides is 3. The highest BCUT2D eigenvalue weighted by atomic mass is 19.4. The maximum absolute atomic E-state index is 13.7. The number of nitrogens with zero attached hydrogens (tertiary/aromatic N) is 2. The summed E-state index contributed by atoms with van der Waals surface area (Å²) >= 11 is 0. The normalized spacial score (nSPS) is 19.0. The monoisotopic (exact) mass is 428 g/mol. The van der Waals surface area contributed by atoms with Gasteiger partial charge in [0.2, 0.25) is 5.91 Å². The van der Waals surface area contributed by atoms with Gasteiger partial charge in [-0.05, 0) is 44.0 Å². The van der Waals surface area contributed by atoms with Crippen LogP contribution in [0, 0.1) is 5.92 Å². The summed E-state index contributed by atoms with van der Waals surface area (Å²) in [7, 11) is 1.76. The van der Waals surface area contributed by atoms with Crippen LogP contribution in [0.1, 0.15) is 24.8 Å². The molecule has 3 N–H and O–H groups in total. The molecule has 1 saturated heterocycles. The Kier molecular flexibility index (Phi) is 6.99. The SMILES string of the molecule is CN(CC1CCC1)[C@@H](CN)C(=O)Nc1ccc(N2CCOCC2=O)cc1C(F)(F)F. The quantitative estimate of drug-likeness (QED) is 0.694. The molecule has 0 radical (unpaired) electrons. The Morgan fingerprint density at radius 3 is 2.70 bits per heavy atom. The van der Waals surface area contributed by atoms with Crippen molar-refractivity contribution in [1.82, 2.24) is 4.90 Å². The first kappa shape index (κ1) is 22.5. The Morgan fingerprint density at radius 2 is 2.13 bits per heavy atom. The number of likely N-dealkylation sites (N-methyl/N-ethyl adjacent to an activating group) is 1. The lowest BCUT2D eigenvalue weighted by Crippen LogP contribution is -2.49. The third-order valence-corrected chi connectivity index (χ3v) is 5.69. The maximum atomic E-state index is 13.7. The molecule has 0 bridgehead atoms. The van der Waals surface area contributed by atoms with E-state index in [0.29, 0.717) is 12.5 Å². The Labute approximate surface area is 173 Å². The van der Waals surface area contributed by atoms with Crippen molar-refractivity contribution in [3.8, 4) is 0 Å². The van der Waals surface area contributed by atoms with Gasteiger partial charge in [-0.1, -0.05) is 6.42 Å². The van der Waals surface area contributed by atoms with Gasteiger partial charge < -0.3 is 20.7 Å². The summed E-state index contributed by atoms with van der Waals surface area (Å²) in [5, 5.41) is 2.39. The molecule has 7 nitrogen and oxygen atoms in total. The molecule has 1 aliphatic heterocycles. The number of hydrogen-bond donors (Lipinski definition) is 2. The number of anilines is 2. The molecule has 1 aliphatic carbocycles. The highest BCUT2D eigenvalue weighted by Gasteiger charge is 2.36. The van der Waals surface area contributed by atoms with Gasteiger partial charge in [0.15, 0.2) is 0 Å². The van der Waals surface area contributed by atoms with Gasteiger partial charge in [-0.15, -0.1) is 0 Å². The van der Waals surface area contributed by atoms with Crippen LogP contribution < -0.4 is 16.0 Å². The van der Waals surface area contributed by atoms with E-state index in [2.05, 4.69) is 5.32 Å². The molecule has 0 spiro atoms. The van der Waals surface area contributed by atoms with E-state index >= 15 is 0 Å². The maximum Gasteiger partial charge on any atom is 0.418 e. The van der Waals surface area contributed by atoms with Gasteiger partial charge in [-0.3, -0.25) is 14.5 Å². The van der Waals surface area contributed by atoms with E-state index in [1.54, 1.807) is 11.9 Å². The molecule has 2 fully saturated rings. The molecule has 1 heterocycles.